The number of ether oxygens (including phenoxy) is 3. The van der Waals surface area contributed by atoms with Gasteiger partial charge in [0.2, 0.25) is 0 Å². The molecule has 31 heavy (non-hydrogen) atoms. The first-order valence-electron chi connectivity index (χ1n) is 10.4. The summed E-state index contributed by atoms with van der Waals surface area (Å²) in [6.45, 7) is 3.35. The van der Waals surface area contributed by atoms with Crippen molar-refractivity contribution in [1.29, 1.82) is 0 Å². The maximum absolute atomic E-state index is 12.8. The molecule has 1 aliphatic carbocycles. The molecule has 8 nitrogen and oxygen atoms in total. The zero-order valence-corrected chi connectivity index (χ0v) is 18.0. The summed E-state index contributed by atoms with van der Waals surface area (Å²) in [7, 11) is 0. The predicted octanol–water partition coefficient (Wildman–Crippen LogP) is 5.48. The van der Waals surface area contributed by atoms with Crippen molar-refractivity contribution in [3.63, 3.8) is 0 Å². The molecule has 1 saturated heterocycles. The van der Waals surface area contributed by atoms with Crippen molar-refractivity contribution >= 4 is 6.09 Å². The third kappa shape index (κ3) is 6.62. The van der Waals surface area contributed by atoms with Crippen molar-refractivity contribution in [3.05, 3.63) is 34.2 Å². The third-order valence-corrected chi connectivity index (χ3v) is 5.22. The van der Waals surface area contributed by atoms with E-state index in [9.17, 15) is 13.6 Å². The second-order valence-corrected chi connectivity index (χ2v) is 8.97. The summed E-state index contributed by atoms with van der Waals surface area (Å²) in [5.41, 5.74) is 8.88. The fraction of sp³-hybridized carbons (Fsp3) is 0.667. The second kappa shape index (κ2) is 9.60. The van der Waals surface area contributed by atoms with Gasteiger partial charge in [0.1, 0.15) is 5.60 Å². The Morgan fingerprint density at radius 2 is 2.06 bits per heavy atom. The van der Waals surface area contributed by atoms with Gasteiger partial charge in [0.05, 0.1) is 6.61 Å². The van der Waals surface area contributed by atoms with Crippen molar-refractivity contribution in [1.82, 2.24) is 4.90 Å². The van der Waals surface area contributed by atoms with Crippen LogP contribution in [0.25, 0.3) is 10.4 Å². The molecule has 1 aromatic rings. The molecule has 0 aromatic heterocycles. The molecule has 1 aliphatic heterocycles. The average molecular weight is 438 g/mol. The Hall–Kier alpha value is -2.74. The van der Waals surface area contributed by atoms with Gasteiger partial charge in [0.15, 0.2) is 11.5 Å². The van der Waals surface area contributed by atoms with Gasteiger partial charge < -0.3 is 19.1 Å². The molecule has 2 aliphatic rings. The van der Waals surface area contributed by atoms with Crippen molar-refractivity contribution < 1.29 is 27.8 Å². The molecule has 1 amide bonds. The molecule has 0 bridgehead atoms. The van der Waals surface area contributed by atoms with Crippen LogP contribution in [0.5, 0.6) is 11.5 Å². The highest BCUT2D eigenvalue weighted by Gasteiger charge is 2.38. The molecule has 10 heteroatoms. The summed E-state index contributed by atoms with van der Waals surface area (Å²) in [5, 5.41) is 3.63. The van der Waals surface area contributed by atoms with Crippen molar-refractivity contribution in [2.45, 2.75) is 64.2 Å². The maximum atomic E-state index is 12.8. The van der Waals surface area contributed by atoms with Crippen LogP contribution in [-0.4, -0.2) is 48.9 Å². The Kier molecular flexibility index (Phi) is 7.10. The standard InChI is InChI=1S/C21H28F2N4O4/c1-21(2,3)31-20(28)27-11-15(8-16(27)10-25-26-24)14-6-7-17(30-19(22)23)18(9-14)29-12-13-4-5-13/h6-7,9,13,15-16,19H,4-5,8,10-12H2,1-3H3. The van der Waals surface area contributed by atoms with Gasteiger partial charge in [-0.3, -0.25) is 0 Å². The first kappa shape index (κ1) is 22.9. The third-order valence-electron chi connectivity index (χ3n) is 5.22. The van der Waals surface area contributed by atoms with Gasteiger partial charge in [-0.15, -0.1) is 0 Å². The number of likely N-dealkylation sites (tertiary alicyclic amines) is 1. The molecule has 3 rings (SSSR count). The second-order valence-electron chi connectivity index (χ2n) is 8.97. The van der Waals surface area contributed by atoms with E-state index in [2.05, 4.69) is 14.8 Å². The molecule has 1 aromatic carbocycles. The number of alkyl halides is 2. The molecule has 2 fully saturated rings. The van der Waals surface area contributed by atoms with Gasteiger partial charge in [-0.1, -0.05) is 11.2 Å². The SMILES string of the molecule is CC(C)(C)OC(=O)N1CC(c2ccc(OC(F)F)c(OCC3CC3)c2)CC1CN=[N+]=[N-]. The summed E-state index contributed by atoms with van der Waals surface area (Å²) >= 11 is 0. The molecule has 0 spiro atoms. The quantitative estimate of drug-likeness (QED) is 0.305. The fourth-order valence-corrected chi connectivity index (χ4v) is 3.58. The fourth-order valence-electron chi connectivity index (χ4n) is 3.58. The van der Waals surface area contributed by atoms with Gasteiger partial charge in [0, 0.05) is 30.0 Å². The summed E-state index contributed by atoms with van der Waals surface area (Å²) in [6.07, 6.45) is 2.21. The largest absolute Gasteiger partial charge is 0.489 e. The van der Waals surface area contributed by atoms with Crippen LogP contribution in [0.3, 0.4) is 0 Å². The maximum Gasteiger partial charge on any atom is 0.410 e. The van der Waals surface area contributed by atoms with Crippen LogP contribution < -0.4 is 9.47 Å². The first-order valence-corrected chi connectivity index (χ1v) is 10.4. The van der Waals surface area contributed by atoms with E-state index in [-0.39, 0.29) is 30.0 Å². The zero-order valence-electron chi connectivity index (χ0n) is 18.0. The van der Waals surface area contributed by atoms with E-state index in [1.165, 1.54) is 6.07 Å². The van der Waals surface area contributed by atoms with Gasteiger partial charge in [-0.2, -0.15) is 8.78 Å². The van der Waals surface area contributed by atoms with Crippen LogP contribution in [0.15, 0.2) is 23.3 Å². The van der Waals surface area contributed by atoms with Gasteiger partial charge in [0.25, 0.3) is 0 Å². The summed E-state index contributed by atoms with van der Waals surface area (Å²) in [4.78, 5) is 17.1. The van der Waals surface area contributed by atoms with E-state index in [4.69, 9.17) is 15.0 Å². The van der Waals surface area contributed by atoms with E-state index < -0.39 is 18.3 Å². The highest BCUT2D eigenvalue weighted by Crippen LogP contribution is 2.39. The van der Waals surface area contributed by atoms with Gasteiger partial charge >= 0.3 is 12.7 Å². The number of hydrogen-bond acceptors (Lipinski definition) is 5. The van der Waals surface area contributed by atoms with Crippen LogP contribution in [0.2, 0.25) is 0 Å². The minimum absolute atomic E-state index is 0.00738. The summed E-state index contributed by atoms with van der Waals surface area (Å²) in [5.74, 6) is 0.625. The number of benzene rings is 1. The summed E-state index contributed by atoms with van der Waals surface area (Å²) in [6, 6.07) is 4.56. The lowest BCUT2D eigenvalue weighted by molar-refractivity contribution is -0.0515. The highest BCUT2D eigenvalue weighted by atomic mass is 19.3. The van der Waals surface area contributed by atoms with Crippen molar-refractivity contribution in [2.75, 3.05) is 19.7 Å². The van der Waals surface area contributed by atoms with Crippen LogP contribution >= 0.6 is 0 Å². The number of nitrogens with zero attached hydrogens (tertiary/aromatic N) is 4. The lowest BCUT2D eigenvalue weighted by atomic mass is 9.96. The number of carbonyl (C=O) groups excluding carboxylic acids is 1. The van der Waals surface area contributed by atoms with Crippen LogP contribution in [-0.2, 0) is 4.74 Å². The molecule has 0 N–H and O–H groups in total. The molecule has 1 saturated carbocycles. The molecule has 1 heterocycles. The number of amides is 1. The Bertz CT molecular complexity index is 835. The molecule has 170 valence electrons. The van der Waals surface area contributed by atoms with Crippen LogP contribution in [0.4, 0.5) is 13.6 Å². The Balaban J connectivity index is 1.80. The Labute approximate surface area is 180 Å². The Morgan fingerprint density at radius 1 is 1.32 bits per heavy atom. The summed E-state index contributed by atoms with van der Waals surface area (Å²) < 4.78 is 41.4. The first-order chi connectivity index (χ1) is 14.7. The number of azide groups is 1. The zero-order chi connectivity index (χ0) is 22.6. The van der Waals surface area contributed by atoms with E-state index in [0.717, 1.165) is 18.4 Å². The minimum Gasteiger partial charge on any atom is -0.489 e. The van der Waals surface area contributed by atoms with Crippen LogP contribution in [0.1, 0.15) is 51.5 Å². The Morgan fingerprint density at radius 3 is 2.68 bits per heavy atom. The number of carbonyl (C=O) groups is 1. The smallest absolute Gasteiger partial charge is 0.410 e. The van der Waals surface area contributed by atoms with Crippen molar-refractivity contribution in [3.8, 4) is 11.5 Å². The average Bonchev–Trinajstić information content (AvgIpc) is 3.41. The molecular weight excluding hydrogens is 410 g/mol. The van der Waals surface area contributed by atoms with E-state index in [1.807, 2.05) is 0 Å². The highest BCUT2D eigenvalue weighted by molar-refractivity contribution is 5.69. The molecule has 0 radical (unpaired) electrons. The van der Waals surface area contributed by atoms with E-state index >= 15 is 0 Å². The topological polar surface area (TPSA) is 96.8 Å². The van der Waals surface area contributed by atoms with Crippen LogP contribution in [0, 0.1) is 5.92 Å². The molecular formula is C21H28F2N4O4. The predicted molar refractivity (Wildman–Crippen MR) is 109 cm³/mol. The normalized spacial score (nSPS) is 21.0. The number of rotatable bonds is 8. The van der Waals surface area contributed by atoms with Gasteiger partial charge in [-0.05, 0) is 69.2 Å². The minimum atomic E-state index is -2.95. The van der Waals surface area contributed by atoms with E-state index in [0.29, 0.717) is 25.5 Å². The van der Waals surface area contributed by atoms with Crippen molar-refractivity contribution in [2.24, 2.45) is 11.0 Å². The molecule has 2 unspecified atom stereocenters. The van der Waals surface area contributed by atoms with E-state index in [1.54, 1.807) is 37.8 Å². The monoisotopic (exact) mass is 438 g/mol. The number of halogens is 2. The van der Waals surface area contributed by atoms with Gasteiger partial charge in [-0.25, -0.2) is 4.79 Å². The lowest BCUT2D eigenvalue weighted by Gasteiger charge is -2.28. The molecule has 2 atom stereocenters. The lowest BCUT2D eigenvalue weighted by Crippen LogP contribution is -2.41. The number of hydrogen-bond donors (Lipinski definition) is 0.